The molecule has 0 bridgehead atoms. The highest BCUT2D eigenvalue weighted by Gasteiger charge is 2.13. The molecule has 66 valence electrons. The average molecular weight is 187 g/mol. The zero-order valence-electron chi connectivity index (χ0n) is 6.83. The van der Waals surface area contributed by atoms with Crippen LogP contribution in [-0.2, 0) is 11.3 Å². The number of aromatic carboxylic acids is 1. The topological polar surface area (TPSA) is 59.4 Å². The van der Waals surface area contributed by atoms with Crippen molar-refractivity contribution in [3.63, 3.8) is 0 Å². The third-order valence-electron chi connectivity index (χ3n) is 1.31. The molecule has 1 heterocycles. The molecule has 0 amide bonds. The van der Waals surface area contributed by atoms with E-state index in [2.05, 4.69) is 4.98 Å². The molecule has 4 nitrogen and oxygen atoms in total. The minimum absolute atomic E-state index is 0.132. The van der Waals surface area contributed by atoms with Gasteiger partial charge in [-0.05, 0) is 6.92 Å². The number of carbonyl (C=O) groups is 1. The van der Waals surface area contributed by atoms with Crippen LogP contribution in [0.3, 0.4) is 0 Å². The number of aryl methyl sites for hydroxylation is 1. The van der Waals surface area contributed by atoms with Gasteiger partial charge in [0.1, 0.15) is 5.01 Å². The van der Waals surface area contributed by atoms with Gasteiger partial charge in [0.2, 0.25) is 0 Å². The van der Waals surface area contributed by atoms with Crippen LogP contribution in [0.25, 0.3) is 0 Å². The highest BCUT2D eigenvalue weighted by Crippen LogP contribution is 2.17. The molecule has 1 rings (SSSR count). The van der Waals surface area contributed by atoms with Gasteiger partial charge in [-0.2, -0.15) is 0 Å². The van der Waals surface area contributed by atoms with Gasteiger partial charge in [0, 0.05) is 12.0 Å². The molecule has 0 aliphatic heterocycles. The lowest BCUT2D eigenvalue weighted by Gasteiger charge is -1.89. The van der Waals surface area contributed by atoms with Gasteiger partial charge in [-0.25, -0.2) is 9.78 Å². The number of thiazole rings is 1. The van der Waals surface area contributed by atoms with E-state index < -0.39 is 5.97 Å². The van der Waals surface area contributed by atoms with Gasteiger partial charge < -0.3 is 9.84 Å². The Morgan fingerprint density at radius 2 is 2.42 bits per heavy atom. The summed E-state index contributed by atoms with van der Waals surface area (Å²) in [6, 6.07) is 0. The number of carboxylic acids is 1. The summed E-state index contributed by atoms with van der Waals surface area (Å²) >= 11 is 1.35. The second-order valence-corrected chi connectivity index (χ2v) is 3.54. The fourth-order valence-corrected chi connectivity index (χ4v) is 1.73. The Morgan fingerprint density at radius 3 is 2.83 bits per heavy atom. The van der Waals surface area contributed by atoms with E-state index >= 15 is 0 Å². The normalized spacial score (nSPS) is 10.2. The number of aromatic nitrogens is 1. The summed E-state index contributed by atoms with van der Waals surface area (Å²) in [7, 11) is 1.55. The Kier molecular flexibility index (Phi) is 2.78. The average Bonchev–Trinajstić information content (AvgIpc) is 2.32. The molecule has 12 heavy (non-hydrogen) atoms. The molecule has 0 fully saturated rings. The summed E-state index contributed by atoms with van der Waals surface area (Å²) < 4.78 is 4.83. The van der Waals surface area contributed by atoms with Crippen LogP contribution in [0.1, 0.15) is 20.4 Å². The fourth-order valence-electron chi connectivity index (χ4n) is 0.835. The van der Waals surface area contributed by atoms with E-state index in [1.807, 2.05) is 0 Å². The van der Waals surface area contributed by atoms with E-state index in [4.69, 9.17) is 9.84 Å². The van der Waals surface area contributed by atoms with Crippen molar-refractivity contribution in [1.82, 2.24) is 4.98 Å². The van der Waals surface area contributed by atoms with Crippen LogP contribution in [0, 0.1) is 6.92 Å². The van der Waals surface area contributed by atoms with Gasteiger partial charge in [0.15, 0.2) is 5.69 Å². The minimum Gasteiger partial charge on any atom is -0.476 e. The fraction of sp³-hybridized carbons (Fsp3) is 0.429. The monoisotopic (exact) mass is 187 g/mol. The molecule has 0 radical (unpaired) electrons. The van der Waals surface area contributed by atoms with Crippen LogP contribution in [0.15, 0.2) is 0 Å². The molecule has 1 aromatic heterocycles. The third-order valence-corrected chi connectivity index (χ3v) is 2.26. The van der Waals surface area contributed by atoms with Crippen molar-refractivity contribution in [2.24, 2.45) is 0 Å². The first kappa shape index (κ1) is 9.15. The quantitative estimate of drug-likeness (QED) is 0.774. The number of rotatable bonds is 3. The molecular weight excluding hydrogens is 178 g/mol. The van der Waals surface area contributed by atoms with Gasteiger partial charge in [0.25, 0.3) is 0 Å². The Hall–Kier alpha value is -0.940. The van der Waals surface area contributed by atoms with Gasteiger partial charge in [0.05, 0.1) is 6.61 Å². The third kappa shape index (κ3) is 1.80. The maximum atomic E-state index is 10.5. The van der Waals surface area contributed by atoms with Crippen molar-refractivity contribution in [1.29, 1.82) is 0 Å². The molecule has 0 atom stereocenters. The number of ether oxygens (including phenoxy) is 1. The molecule has 5 heteroatoms. The highest BCUT2D eigenvalue weighted by molar-refractivity contribution is 7.11. The summed E-state index contributed by atoms with van der Waals surface area (Å²) in [6.45, 7) is 2.11. The molecule has 0 spiro atoms. The Bertz CT molecular complexity index is 295. The number of nitrogens with zero attached hydrogens (tertiary/aromatic N) is 1. The van der Waals surface area contributed by atoms with E-state index in [0.717, 1.165) is 4.88 Å². The van der Waals surface area contributed by atoms with Crippen LogP contribution in [0.2, 0.25) is 0 Å². The minimum atomic E-state index is -0.980. The predicted octanol–water partition coefficient (Wildman–Crippen LogP) is 1.30. The van der Waals surface area contributed by atoms with E-state index in [1.165, 1.54) is 11.3 Å². The zero-order chi connectivity index (χ0) is 9.14. The van der Waals surface area contributed by atoms with Crippen molar-refractivity contribution < 1.29 is 14.6 Å². The summed E-state index contributed by atoms with van der Waals surface area (Å²) in [4.78, 5) is 15.2. The van der Waals surface area contributed by atoms with Crippen molar-refractivity contribution in [3.8, 4) is 0 Å². The first-order valence-corrected chi connectivity index (χ1v) is 4.15. The highest BCUT2D eigenvalue weighted by atomic mass is 32.1. The lowest BCUT2D eigenvalue weighted by Crippen LogP contribution is -1.99. The van der Waals surface area contributed by atoms with Crippen LogP contribution < -0.4 is 0 Å². The maximum absolute atomic E-state index is 10.5. The lowest BCUT2D eigenvalue weighted by atomic mass is 10.4. The van der Waals surface area contributed by atoms with Crippen LogP contribution in [0.5, 0.6) is 0 Å². The van der Waals surface area contributed by atoms with Crippen LogP contribution in [-0.4, -0.2) is 23.2 Å². The van der Waals surface area contributed by atoms with Crippen molar-refractivity contribution in [2.75, 3.05) is 7.11 Å². The molecule has 0 saturated carbocycles. The van der Waals surface area contributed by atoms with Gasteiger partial charge in [-0.15, -0.1) is 11.3 Å². The molecule has 0 aromatic carbocycles. The van der Waals surface area contributed by atoms with Crippen molar-refractivity contribution in [3.05, 3.63) is 15.6 Å². The molecule has 0 unspecified atom stereocenters. The van der Waals surface area contributed by atoms with Gasteiger partial charge in [-0.3, -0.25) is 0 Å². The zero-order valence-corrected chi connectivity index (χ0v) is 7.64. The standard InChI is InChI=1S/C7H9NO3S/c1-4-6(7(9)10)8-5(12-4)3-11-2/h3H2,1-2H3,(H,9,10). The first-order chi connectivity index (χ1) is 5.65. The summed E-state index contributed by atoms with van der Waals surface area (Å²) in [5.41, 5.74) is 0.132. The molecule has 0 aliphatic carbocycles. The molecule has 0 saturated heterocycles. The van der Waals surface area contributed by atoms with Gasteiger partial charge >= 0.3 is 5.97 Å². The van der Waals surface area contributed by atoms with Crippen molar-refractivity contribution in [2.45, 2.75) is 13.5 Å². The SMILES string of the molecule is COCc1nc(C(=O)O)c(C)s1. The second kappa shape index (κ2) is 3.64. The molecule has 0 aliphatic rings. The number of hydrogen-bond acceptors (Lipinski definition) is 4. The first-order valence-electron chi connectivity index (χ1n) is 3.33. The van der Waals surface area contributed by atoms with E-state index in [9.17, 15) is 4.79 Å². The predicted molar refractivity (Wildman–Crippen MR) is 44.5 cm³/mol. The lowest BCUT2D eigenvalue weighted by molar-refractivity contribution is 0.0690. The Balaban J connectivity index is 2.92. The van der Waals surface area contributed by atoms with E-state index in [1.54, 1.807) is 14.0 Å². The van der Waals surface area contributed by atoms with Crippen molar-refractivity contribution >= 4 is 17.3 Å². The molecular formula is C7H9NO3S. The smallest absolute Gasteiger partial charge is 0.355 e. The number of hydrogen-bond donors (Lipinski definition) is 1. The summed E-state index contributed by atoms with van der Waals surface area (Å²) in [6.07, 6.45) is 0. The van der Waals surface area contributed by atoms with Crippen LogP contribution >= 0.6 is 11.3 Å². The summed E-state index contributed by atoms with van der Waals surface area (Å²) in [5, 5.41) is 9.35. The second-order valence-electron chi connectivity index (χ2n) is 2.25. The largest absolute Gasteiger partial charge is 0.476 e. The Morgan fingerprint density at radius 1 is 1.75 bits per heavy atom. The summed E-state index contributed by atoms with van der Waals surface area (Å²) in [5.74, 6) is -0.980. The van der Waals surface area contributed by atoms with Gasteiger partial charge in [-0.1, -0.05) is 0 Å². The molecule has 1 N–H and O–H groups in total. The number of carboxylic acid groups (broad SMARTS) is 1. The molecule has 1 aromatic rings. The Labute approximate surface area is 73.8 Å². The van der Waals surface area contributed by atoms with E-state index in [0.29, 0.717) is 11.6 Å². The number of methoxy groups -OCH3 is 1. The van der Waals surface area contributed by atoms with Crippen LogP contribution in [0.4, 0.5) is 0 Å². The maximum Gasteiger partial charge on any atom is 0.355 e. The van der Waals surface area contributed by atoms with E-state index in [-0.39, 0.29) is 5.69 Å².